The van der Waals surface area contributed by atoms with Crippen LogP contribution in [-0.2, 0) is 23.5 Å². The molecule has 0 bridgehead atoms. The highest BCUT2D eigenvalue weighted by Crippen LogP contribution is 2.31. The minimum Gasteiger partial charge on any atom is -0.267 e. The summed E-state index contributed by atoms with van der Waals surface area (Å²) in [6.07, 6.45) is 2.68. The molecule has 0 atom stereocenters. The van der Waals surface area contributed by atoms with Crippen molar-refractivity contribution in [1.29, 1.82) is 0 Å². The summed E-state index contributed by atoms with van der Waals surface area (Å²) in [5, 5.41) is 5.76. The van der Waals surface area contributed by atoms with Crippen LogP contribution in [0.2, 0.25) is 0 Å². The van der Waals surface area contributed by atoms with Gasteiger partial charge in [-0.15, -0.1) is 0 Å². The van der Waals surface area contributed by atoms with Gasteiger partial charge in [0, 0.05) is 31.1 Å². The van der Waals surface area contributed by atoms with E-state index in [1.807, 2.05) is 55.5 Å². The van der Waals surface area contributed by atoms with Crippen LogP contribution in [0.4, 0.5) is 0 Å². The van der Waals surface area contributed by atoms with Gasteiger partial charge in [-0.3, -0.25) is 4.79 Å². The zero-order valence-electron chi connectivity index (χ0n) is 20.0. The lowest BCUT2D eigenvalue weighted by atomic mass is 9.91. The van der Waals surface area contributed by atoms with E-state index < -0.39 is 10.0 Å². The molecule has 0 radical (unpaired) electrons. The van der Waals surface area contributed by atoms with E-state index in [4.69, 9.17) is 0 Å². The number of hydrogen-bond acceptors (Lipinski definition) is 4. The maximum Gasteiger partial charge on any atom is 0.274 e. The highest BCUT2D eigenvalue weighted by atomic mass is 32.2. The Hall–Kier alpha value is -3.29. The Balaban J connectivity index is 1.44. The molecule has 0 amide bonds. The number of benzene rings is 3. The van der Waals surface area contributed by atoms with E-state index in [-0.39, 0.29) is 5.56 Å². The Kier molecular flexibility index (Phi) is 6.30. The molecule has 5 rings (SSSR count). The summed E-state index contributed by atoms with van der Waals surface area (Å²) < 4.78 is 30.3. The van der Waals surface area contributed by atoms with Gasteiger partial charge >= 0.3 is 0 Å². The lowest BCUT2D eigenvalue weighted by Crippen LogP contribution is -2.39. The summed E-state index contributed by atoms with van der Waals surface area (Å²) in [7, 11) is -2.04. The SMILES string of the molecule is Cc1ccc(-c2nn(C)c(=O)c3ccccc23)cc1S(=O)(=O)N1CCC(Cc2ccccc2)CC1. The lowest BCUT2D eigenvalue weighted by molar-refractivity contribution is 0.273. The molecule has 1 fully saturated rings. The van der Waals surface area contributed by atoms with Crippen LogP contribution >= 0.6 is 0 Å². The fourth-order valence-electron chi connectivity index (χ4n) is 4.98. The molecule has 0 N–H and O–H groups in total. The van der Waals surface area contributed by atoms with Gasteiger partial charge in [0.2, 0.25) is 10.0 Å². The van der Waals surface area contributed by atoms with E-state index in [9.17, 15) is 13.2 Å². The molecular formula is C28H29N3O3S. The standard InChI is InChI=1S/C28H29N3O3S/c1-20-12-13-23(27-24-10-6-7-11-25(24)28(32)30(2)29-27)19-26(20)35(33,34)31-16-14-22(15-17-31)18-21-8-4-3-5-9-21/h3-13,19,22H,14-18H2,1-2H3. The number of hydrogen-bond donors (Lipinski definition) is 0. The summed E-state index contributed by atoms with van der Waals surface area (Å²) in [6, 6.07) is 23.1. The number of rotatable bonds is 5. The lowest BCUT2D eigenvalue weighted by Gasteiger charge is -2.31. The molecule has 1 aliphatic heterocycles. The third kappa shape index (κ3) is 4.54. The Morgan fingerprint density at radius 2 is 1.57 bits per heavy atom. The van der Waals surface area contributed by atoms with Gasteiger partial charge in [-0.05, 0) is 55.4 Å². The predicted molar refractivity (Wildman–Crippen MR) is 139 cm³/mol. The van der Waals surface area contributed by atoms with Crippen LogP contribution in [0.1, 0.15) is 24.0 Å². The molecule has 0 unspecified atom stereocenters. The van der Waals surface area contributed by atoms with Crippen molar-refractivity contribution in [3.05, 3.63) is 94.3 Å². The largest absolute Gasteiger partial charge is 0.274 e. The Morgan fingerprint density at radius 1 is 0.914 bits per heavy atom. The third-order valence-corrected chi connectivity index (χ3v) is 9.02. The minimum absolute atomic E-state index is 0.178. The Labute approximate surface area is 205 Å². The number of fused-ring (bicyclic) bond motifs is 1. The number of aromatic nitrogens is 2. The van der Waals surface area contributed by atoms with E-state index in [2.05, 4.69) is 17.2 Å². The van der Waals surface area contributed by atoms with Crippen molar-refractivity contribution < 1.29 is 8.42 Å². The molecule has 180 valence electrons. The minimum atomic E-state index is -3.65. The van der Waals surface area contributed by atoms with Gasteiger partial charge in [0.25, 0.3) is 5.56 Å². The zero-order valence-corrected chi connectivity index (χ0v) is 20.8. The molecule has 1 aliphatic rings. The van der Waals surface area contributed by atoms with Crippen molar-refractivity contribution in [3.63, 3.8) is 0 Å². The summed E-state index contributed by atoms with van der Waals surface area (Å²) in [5.41, 5.74) is 3.10. The maximum absolute atomic E-state index is 13.7. The number of piperidine rings is 1. The quantitative estimate of drug-likeness (QED) is 0.414. The highest BCUT2D eigenvalue weighted by molar-refractivity contribution is 7.89. The number of aryl methyl sites for hydroxylation is 2. The number of sulfonamides is 1. The molecule has 4 aromatic rings. The van der Waals surface area contributed by atoms with Gasteiger partial charge in [-0.25, -0.2) is 13.1 Å². The van der Waals surface area contributed by atoms with Crippen molar-refractivity contribution in [3.8, 4) is 11.3 Å². The van der Waals surface area contributed by atoms with Crippen molar-refractivity contribution in [1.82, 2.24) is 14.1 Å². The predicted octanol–water partition coefficient (Wildman–Crippen LogP) is 4.55. The van der Waals surface area contributed by atoms with Gasteiger partial charge < -0.3 is 0 Å². The Bertz CT molecular complexity index is 1540. The fourth-order valence-corrected chi connectivity index (χ4v) is 6.70. The van der Waals surface area contributed by atoms with Crippen molar-refractivity contribution in [2.24, 2.45) is 13.0 Å². The van der Waals surface area contributed by atoms with Crippen molar-refractivity contribution in [2.45, 2.75) is 31.1 Å². The van der Waals surface area contributed by atoms with Crippen molar-refractivity contribution in [2.75, 3.05) is 13.1 Å². The van der Waals surface area contributed by atoms with E-state index in [1.54, 1.807) is 23.5 Å². The second kappa shape index (κ2) is 9.40. The normalized spacial score (nSPS) is 15.5. The van der Waals surface area contributed by atoms with Crippen LogP contribution in [0.25, 0.3) is 22.0 Å². The molecule has 1 saturated heterocycles. The summed E-state index contributed by atoms with van der Waals surface area (Å²) in [4.78, 5) is 12.8. The molecule has 2 heterocycles. The van der Waals surface area contributed by atoms with Crippen LogP contribution in [0.15, 0.2) is 82.5 Å². The molecule has 0 spiro atoms. The zero-order chi connectivity index (χ0) is 24.6. The Morgan fingerprint density at radius 3 is 2.29 bits per heavy atom. The molecule has 0 aliphatic carbocycles. The molecule has 7 heteroatoms. The smallest absolute Gasteiger partial charge is 0.267 e. The van der Waals surface area contributed by atoms with Gasteiger partial charge in [0.15, 0.2) is 0 Å². The van der Waals surface area contributed by atoms with E-state index >= 15 is 0 Å². The highest BCUT2D eigenvalue weighted by Gasteiger charge is 2.31. The summed E-state index contributed by atoms with van der Waals surface area (Å²) >= 11 is 0. The average Bonchev–Trinajstić information content (AvgIpc) is 2.87. The van der Waals surface area contributed by atoms with Gasteiger partial charge in [-0.1, -0.05) is 60.7 Å². The molecule has 35 heavy (non-hydrogen) atoms. The van der Waals surface area contributed by atoms with Crippen LogP contribution in [-0.4, -0.2) is 35.6 Å². The van der Waals surface area contributed by atoms with Crippen LogP contribution in [0, 0.1) is 12.8 Å². The molecule has 1 aromatic heterocycles. The van der Waals surface area contributed by atoms with E-state index in [0.717, 1.165) is 19.3 Å². The first-order chi connectivity index (χ1) is 16.8. The summed E-state index contributed by atoms with van der Waals surface area (Å²) in [6.45, 7) is 2.86. The molecular weight excluding hydrogens is 458 g/mol. The van der Waals surface area contributed by atoms with Crippen LogP contribution in [0.5, 0.6) is 0 Å². The second-order valence-corrected chi connectivity index (χ2v) is 11.2. The van der Waals surface area contributed by atoms with Crippen LogP contribution < -0.4 is 5.56 Å². The van der Waals surface area contributed by atoms with Gasteiger partial charge in [-0.2, -0.15) is 9.40 Å². The number of nitrogens with zero attached hydrogens (tertiary/aromatic N) is 3. The molecule has 6 nitrogen and oxygen atoms in total. The monoisotopic (exact) mass is 487 g/mol. The summed E-state index contributed by atoms with van der Waals surface area (Å²) in [5.74, 6) is 0.484. The topological polar surface area (TPSA) is 72.3 Å². The fraction of sp³-hybridized carbons (Fsp3) is 0.286. The van der Waals surface area contributed by atoms with Crippen molar-refractivity contribution >= 4 is 20.8 Å². The molecule has 3 aromatic carbocycles. The first kappa shape index (κ1) is 23.5. The second-order valence-electron chi connectivity index (χ2n) is 9.34. The molecule has 0 saturated carbocycles. The third-order valence-electron chi connectivity index (χ3n) is 6.98. The first-order valence-electron chi connectivity index (χ1n) is 12.0. The maximum atomic E-state index is 13.7. The van der Waals surface area contributed by atoms with Gasteiger partial charge in [0.05, 0.1) is 16.0 Å². The van der Waals surface area contributed by atoms with Crippen LogP contribution in [0.3, 0.4) is 0 Å². The average molecular weight is 488 g/mol. The first-order valence-corrected chi connectivity index (χ1v) is 13.4. The van der Waals surface area contributed by atoms with Gasteiger partial charge in [0.1, 0.15) is 0 Å². The van der Waals surface area contributed by atoms with E-state index in [1.165, 1.54) is 10.2 Å². The van der Waals surface area contributed by atoms with E-state index in [0.29, 0.717) is 51.5 Å².